The molecule has 0 aromatic heterocycles. The summed E-state index contributed by atoms with van der Waals surface area (Å²) in [6, 6.07) is 22.0. The van der Waals surface area contributed by atoms with Crippen LogP contribution in [0, 0.1) is 0 Å². The molecule has 1 aliphatic rings. The molecule has 5 nitrogen and oxygen atoms in total. The van der Waals surface area contributed by atoms with Crippen LogP contribution in [-0.2, 0) is 11.2 Å². The van der Waals surface area contributed by atoms with Crippen molar-refractivity contribution in [2.75, 3.05) is 10.6 Å². The van der Waals surface area contributed by atoms with Crippen LogP contribution in [0.25, 0.3) is 0 Å². The normalized spacial score (nSPS) is 12.7. The van der Waals surface area contributed by atoms with Gasteiger partial charge in [-0.3, -0.25) is 9.59 Å². The highest BCUT2D eigenvalue weighted by molar-refractivity contribution is 6.04. The Morgan fingerprint density at radius 3 is 2.41 bits per heavy atom. The quantitative estimate of drug-likeness (QED) is 0.715. The Morgan fingerprint density at radius 1 is 0.889 bits per heavy atom. The van der Waals surface area contributed by atoms with Gasteiger partial charge in [-0.15, -0.1) is 0 Å². The molecule has 3 aromatic carbocycles. The molecule has 0 spiro atoms. The number of nitrogens with one attached hydrogen (secondary N) is 2. The highest BCUT2D eigenvalue weighted by atomic mass is 16.5. The fourth-order valence-electron chi connectivity index (χ4n) is 2.96. The first-order valence-corrected chi connectivity index (χ1v) is 8.74. The second kappa shape index (κ2) is 7.33. The van der Waals surface area contributed by atoms with Crippen LogP contribution in [-0.4, -0.2) is 11.8 Å². The molecule has 0 bridgehead atoms. The molecule has 2 N–H and O–H groups in total. The number of rotatable bonds is 4. The van der Waals surface area contributed by atoms with Crippen LogP contribution < -0.4 is 15.4 Å². The summed E-state index contributed by atoms with van der Waals surface area (Å²) in [4.78, 5) is 23.9. The van der Waals surface area contributed by atoms with Gasteiger partial charge in [0.2, 0.25) is 5.91 Å². The van der Waals surface area contributed by atoms with Gasteiger partial charge >= 0.3 is 0 Å². The summed E-state index contributed by atoms with van der Waals surface area (Å²) in [6.07, 6.45) is 1.14. The number of amides is 2. The molecule has 0 radical (unpaired) electrons. The Kier molecular flexibility index (Phi) is 4.58. The minimum atomic E-state index is -0.193. The lowest BCUT2D eigenvalue weighted by Crippen LogP contribution is -2.19. The SMILES string of the molecule is O=C1CCc2cc(NC(=O)c3ccc(Oc4ccccc4)cc3)ccc2N1. The van der Waals surface area contributed by atoms with E-state index >= 15 is 0 Å². The van der Waals surface area contributed by atoms with Crippen LogP contribution in [0.2, 0.25) is 0 Å². The highest BCUT2D eigenvalue weighted by Crippen LogP contribution is 2.26. The molecule has 27 heavy (non-hydrogen) atoms. The maximum absolute atomic E-state index is 12.5. The summed E-state index contributed by atoms with van der Waals surface area (Å²) >= 11 is 0. The monoisotopic (exact) mass is 358 g/mol. The molecule has 0 unspecified atom stereocenters. The fourth-order valence-corrected chi connectivity index (χ4v) is 2.96. The summed E-state index contributed by atoms with van der Waals surface area (Å²) < 4.78 is 5.74. The Bertz CT molecular complexity index is 982. The lowest BCUT2D eigenvalue weighted by Gasteiger charge is -2.17. The van der Waals surface area contributed by atoms with E-state index in [1.165, 1.54) is 0 Å². The standard InChI is InChI=1S/C22H18N2O3/c25-21-13-8-16-14-17(9-12-20(16)24-21)23-22(26)15-6-10-19(11-7-15)27-18-4-2-1-3-5-18/h1-7,9-12,14H,8,13H2,(H,23,26)(H,24,25). The van der Waals surface area contributed by atoms with E-state index in [9.17, 15) is 9.59 Å². The van der Waals surface area contributed by atoms with Gasteiger partial charge in [0.1, 0.15) is 11.5 Å². The second-order valence-electron chi connectivity index (χ2n) is 6.31. The molecular weight excluding hydrogens is 340 g/mol. The third-order valence-electron chi connectivity index (χ3n) is 4.35. The van der Waals surface area contributed by atoms with Gasteiger partial charge in [0, 0.05) is 23.4 Å². The number of carbonyl (C=O) groups excluding carboxylic acids is 2. The van der Waals surface area contributed by atoms with Crippen molar-refractivity contribution in [2.24, 2.45) is 0 Å². The minimum Gasteiger partial charge on any atom is -0.457 e. The largest absolute Gasteiger partial charge is 0.457 e. The molecule has 0 saturated carbocycles. The molecule has 5 heteroatoms. The van der Waals surface area contributed by atoms with E-state index < -0.39 is 0 Å². The van der Waals surface area contributed by atoms with Gasteiger partial charge in [-0.05, 0) is 66.6 Å². The zero-order valence-electron chi connectivity index (χ0n) is 14.6. The summed E-state index contributed by atoms with van der Waals surface area (Å²) in [5, 5.41) is 5.73. The van der Waals surface area contributed by atoms with Gasteiger partial charge < -0.3 is 15.4 Å². The summed E-state index contributed by atoms with van der Waals surface area (Å²) in [5.74, 6) is 1.25. The third kappa shape index (κ3) is 3.98. The van der Waals surface area contributed by atoms with Crippen molar-refractivity contribution in [1.82, 2.24) is 0 Å². The van der Waals surface area contributed by atoms with Crippen molar-refractivity contribution in [3.8, 4) is 11.5 Å². The van der Waals surface area contributed by atoms with Crippen molar-refractivity contribution < 1.29 is 14.3 Å². The van der Waals surface area contributed by atoms with Crippen LogP contribution in [0.15, 0.2) is 72.8 Å². The molecular formula is C22H18N2O3. The summed E-state index contributed by atoms with van der Waals surface area (Å²) in [7, 11) is 0. The topological polar surface area (TPSA) is 67.4 Å². The van der Waals surface area contributed by atoms with Crippen LogP contribution >= 0.6 is 0 Å². The molecule has 3 aromatic rings. The van der Waals surface area contributed by atoms with E-state index in [0.717, 1.165) is 17.0 Å². The van der Waals surface area contributed by atoms with Crippen LogP contribution in [0.1, 0.15) is 22.3 Å². The van der Waals surface area contributed by atoms with Crippen molar-refractivity contribution >= 4 is 23.2 Å². The average molecular weight is 358 g/mol. The first-order valence-electron chi connectivity index (χ1n) is 8.74. The molecule has 1 aliphatic heterocycles. The van der Waals surface area contributed by atoms with E-state index in [4.69, 9.17) is 4.74 Å². The predicted octanol–water partition coefficient (Wildman–Crippen LogP) is 4.62. The number of ether oxygens (including phenoxy) is 1. The Hall–Kier alpha value is -3.60. The van der Waals surface area contributed by atoms with Crippen LogP contribution in [0.4, 0.5) is 11.4 Å². The van der Waals surface area contributed by atoms with Gasteiger partial charge in [0.15, 0.2) is 0 Å². The van der Waals surface area contributed by atoms with E-state index in [0.29, 0.717) is 29.8 Å². The van der Waals surface area contributed by atoms with Crippen molar-refractivity contribution in [3.05, 3.63) is 83.9 Å². The lowest BCUT2D eigenvalue weighted by molar-refractivity contribution is -0.116. The highest BCUT2D eigenvalue weighted by Gasteiger charge is 2.15. The number of anilines is 2. The number of carbonyl (C=O) groups is 2. The van der Waals surface area contributed by atoms with Gasteiger partial charge in [0.25, 0.3) is 5.91 Å². The number of fused-ring (bicyclic) bond motifs is 1. The van der Waals surface area contributed by atoms with Gasteiger partial charge in [0.05, 0.1) is 0 Å². The molecule has 2 amide bonds. The third-order valence-corrected chi connectivity index (χ3v) is 4.35. The molecule has 0 atom stereocenters. The summed E-state index contributed by atoms with van der Waals surface area (Å²) in [6.45, 7) is 0. The average Bonchev–Trinajstić information content (AvgIpc) is 2.69. The number of hydrogen-bond donors (Lipinski definition) is 2. The van der Waals surface area contributed by atoms with E-state index in [2.05, 4.69) is 10.6 Å². The van der Waals surface area contributed by atoms with Crippen molar-refractivity contribution in [2.45, 2.75) is 12.8 Å². The minimum absolute atomic E-state index is 0.0251. The molecule has 0 fully saturated rings. The van der Waals surface area contributed by atoms with E-state index in [1.807, 2.05) is 42.5 Å². The van der Waals surface area contributed by atoms with Crippen LogP contribution in [0.3, 0.4) is 0 Å². The number of hydrogen-bond acceptors (Lipinski definition) is 3. The number of para-hydroxylation sites is 1. The van der Waals surface area contributed by atoms with Crippen LogP contribution in [0.5, 0.6) is 11.5 Å². The molecule has 1 heterocycles. The lowest BCUT2D eigenvalue weighted by atomic mass is 10.0. The van der Waals surface area contributed by atoms with Gasteiger partial charge in [-0.2, -0.15) is 0 Å². The fraction of sp³-hybridized carbons (Fsp3) is 0.0909. The number of benzene rings is 3. The molecule has 4 rings (SSSR count). The van der Waals surface area contributed by atoms with Crippen molar-refractivity contribution in [1.29, 1.82) is 0 Å². The number of aryl methyl sites for hydroxylation is 1. The predicted molar refractivity (Wildman–Crippen MR) is 104 cm³/mol. The molecule has 0 aliphatic carbocycles. The second-order valence-corrected chi connectivity index (χ2v) is 6.31. The first kappa shape index (κ1) is 16.8. The zero-order chi connectivity index (χ0) is 18.6. The van der Waals surface area contributed by atoms with E-state index in [-0.39, 0.29) is 11.8 Å². The Labute approximate surface area is 157 Å². The van der Waals surface area contributed by atoms with Gasteiger partial charge in [-0.25, -0.2) is 0 Å². The summed E-state index contributed by atoms with van der Waals surface area (Å²) in [5.41, 5.74) is 3.09. The maximum atomic E-state index is 12.5. The van der Waals surface area contributed by atoms with Gasteiger partial charge in [-0.1, -0.05) is 18.2 Å². The molecule has 0 saturated heterocycles. The smallest absolute Gasteiger partial charge is 0.255 e. The Balaban J connectivity index is 1.43. The van der Waals surface area contributed by atoms with Crippen molar-refractivity contribution in [3.63, 3.8) is 0 Å². The molecule has 134 valence electrons. The Morgan fingerprint density at radius 2 is 1.63 bits per heavy atom. The zero-order valence-corrected chi connectivity index (χ0v) is 14.6. The first-order chi connectivity index (χ1) is 13.2. The van der Waals surface area contributed by atoms with E-state index in [1.54, 1.807) is 30.3 Å². The maximum Gasteiger partial charge on any atom is 0.255 e.